The molecule has 1 saturated carbocycles. The molecule has 0 radical (unpaired) electrons. The Labute approximate surface area is 257 Å². The SMILES string of the molecule is CC(C)(C)OC(=O)N1C2CCC1CC(Oc1ccc(-c3n[nH]c4ccc(C(=O)NC(c5ccccn5)C5CC5)cc34)cc1)C2. The van der Waals surface area contributed by atoms with Gasteiger partial charge in [0, 0.05) is 47.6 Å². The Morgan fingerprint density at radius 1 is 0.977 bits per heavy atom. The number of carbonyl (C=O) groups excluding carboxylic acids is 2. The monoisotopic (exact) mass is 593 g/mol. The summed E-state index contributed by atoms with van der Waals surface area (Å²) in [6, 6.07) is 19.7. The minimum Gasteiger partial charge on any atom is -0.490 e. The number of fused-ring (bicyclic) bond motifs is 3. The van der Waals surface area contributed by atoms with E-state index in [2.05, 4.69) is 20.5 Å². The second kappa shape index (κ2) is 11.3. The van der Waals surface area contributed by atoms with Crippen LogP contribution >= 0.6 is 0 Å². The van der Waals surface area contributed by atoms with Gasteiger partial charge in [0.15, 0.2) is 0 Å². The number of aromatic amines is 1. The molecule has 44 heavy (non-hydrogen) atoms. The number of hydrogen-bond donors (Lipinski definition) is 2. The third-order valence-electron chi connectivity index (χ3n) is 8.94. The molecule has 228 valence electrons. The number of nitrogens with zero attached hydrogens (tertiary/aromatic N) is 3. The number of H-pyrrole nitrogens is 1. The van der Waals surface area contributed by atoms with Crippen LogP contribution in [0.1, 0.15) is 81.4 Å². The van der Waals surface area contributed by atoms with Crippen LogP contribution in [0.25, 0.3) is 22.2 Å². The van der Waals surface area contributed by atoms with Crippen molar-refractivity contribution >= 4 is 22.9 Å². The van der Waals surface area contributed by atoms with Gasteiger partial charge in [-0.25, -0.2) is 4.79 Å². The van der Waals surface area contributed by atoms with Crippen LogP contribution in [0.2, 0.25) is 0 Å². The number of hydrogen-bond acceptors (Lipinski definition) is 6. The average molecular weight is 594 g/mol. The molecule has 2 bridgehead atoms. The zero-order valence-electron chi connectivity index (χ0n) is 25.5. The maximum Gasteiger partial charge on any atom is 0.410 e. The predicted octanol–water partition coefficient (Wildman–Crippen LogP) is 6.82. The molecule has 2 aromatic heterocycles. The maximum atomic E-state index is 13.4. The molecular weight excluding hydrogens is 554 g/mol. The Morgan fingerprint density at radius 2 is 1.73 bits per heavy atom. The summed E-state index contributed by atoms with van der Waals surface area (Å²) in [6.07, 6.45) is 7.37. The van der Waals surface area contributed by atoms with E-state index in [0.29, 0.717) is 11.5 Å². The van der Waals surface area contributed by atoms with Gasteiger partial charge in [-0.15, -0.1) is 0 Å². The van der Waals surface area contributed by atoms with E-state index in [1.807, 2.05) is 86.3 Å². The zero-order valence-corrected chi connectivity index (χ0v) is 25.5. The summed E-state index contributed by atoms with van der Waals surface area (Å²) in [7, 11) is 0. The van der Waals surface area contributed by atoms with Crippen molar-refractivity contribution in [2.75, 3.05) is 0 Å². The molecule has 7 rings (SSSR count). The first kappa shape index (κ1) is 28.4. The first-order valence-electron chi connectivity index (χ1n) is 15.7. The number of benzene rings is 2. The van der Waals surface area contributed by atoms with E-state index in [4.69, 9.17) is 9.47 Å². The van der Waals surface area contributed by atoms with Gasteiger partial charge in [0.05, 0.1) is 22.9 Å². The van der Waals surface area contributed by atoms with Crippen LogP contribution in [0, 0.1) is 5.92 Å². The lowest BCUT2D eigenvalue weighted by molar-refractivity contribution is -0.00708. The normalized spacial score (nSPS) is 22.1. The van der Waals surface area contributed by atoms with Crippen LogP contribution in [-0.4, -0.2) is 55.9 Å². The molecule has 3 fully saturated rings. The van der Waals surface area contributed by atoms with Gasteiger partial charge in [-0.3, -0.25) is 14.9 Å². The number of piperidine rings is 1. The van der Waals surface area contributed by atoms with E-state index in [1.54, 1.807) is 6.20 Å². The van der Waals surface area contributed by atoms with Gasteiger partial charge >= 0.3 is 6.09 Å². The molecule has 4 aromatic rings. The van der Waals surface area contributed by atoms with Crippen molar-refractivity contribution in [1.82, 2.24) is 25.4 Å². The maximum absolute atomic E-state index is 13.4. The van der Waals surface area contributed by atoms with Crippen LogP contribution in [0.5, 0.6) is 5.75 Å². The molecule has 9 heteroatoms. The first-order valence-corrected chi connectivity index (χ1v) is 15.7. The zero-order chi connectivity index (χ0) is 30.4. The molecule has 2 aromatic carbocycles. The number of pyridine rings is 1. The van der Waals surface area contributed by atoms with E-state index in [0.717, 1.165) is 72.1 Å². The summed E-state index contributed by atoms with van der Waals surface area (Å²) in [4.78, 5) is 32.6. The van der Waals surface area contributed by atoms with Gasteiger partial charge in [0.25, 0.3) is 5.91 Å². The standard InChI is InChI=1S/C35H39N5O4/c1-35(2,3)44-34(42)40-24-12-13-25(40)20-27(19-24)43-26-14-9-21(10-15-26)31-28-18-23(11-16-29(28)38-39-31)33(41)37-32(22-7-8-22)30-6-4-5-17-36-30/h4-6,9-11,14-18,22,24-25,27,32H,7-8,12-13,19-20H2,1-3H3,(H,37,41)(H,38,39). The third-order valence-corrected chi connectivity index (χ3v) is 8.94. The van der Waals surface area contributed by atoms with Crippen molar-refractivity contribution in [1.29, 1.82) is 0 Å². The molecule has 4 heterocycles. The van der Waals surface area contributed by atoms with E-state index >= 15 is 0 Å². The van der Waals surface area contributed by atoms with Crippen molar-refractivity contribution in [3.05, 3.63) is 78.1 Å². The van der Waals surface area contributed by atoms with Crippen LogP contribution in [-0.2, 0) is 4.74 Å². The van der Waals surface area contributed by atoms with E-state index in [-0.39, 0.29) is 36.2 Å². The third kappa shape index (κ3) is 5.87. The van der Waals surface area contributed by atoms with E-state index in [9.17, 15) is 9.59 Å². The fourth-order valence-corrected chi connectivity index (χ4v) is 6.74. The van der Waals surface area contributed by atoms with Crippen molar-refractivity contribution < 1.29 is 19.1 Å². The van der Waals surface area contributed by atoms with Gasteiger partial charge in [0.1, 0.15) is 17.5 Å². The fraction of sp³-hybridized carbons (Fsp3) is 0.429. The topological polar surface area (TPSA) is 109 Å². The Hall–Kier alpha value is -4.40. The lowest BCUT2D eigenvalue weighted by Gasteiger charge is -2.39. The molecule has 0 spiro atoms. The molecule has 2 aliphatic heterocycles. The smallest absolute Gasteiger partial charge is 0.410 e. The Morgan fingerprint density at radius 3 is 2.39 bits per heavy atom. The van der Waals surface area contributed by atoms with Crippen molar-refractivity contribution in [3.8, 4) is 17.0 Å². The highest BCUT2D eigenvalue weighted by molar-refractivity contribution is 6.01. The molecule has 3 atom stereocenters. The molecule has 1 aliphatic carbocycles. The molecule has 2 N–H and O–H groups in total. The fourth-order valence-electron chi connectivity index (χ4n) is 6.74. The second-order valence-electron chi connectivity index (χ2n) is 13.4. The first-order chi connectivity index (χ1) is 21.2. The minimum absolute atomic E-state index is 0.0508. The lowest BCUT2D eigenvalue weighted by atomic mass is 10.00. The van der Waals surface area contributed by atoms with Gasteiger partial charge in [0.2, 0.25) is 0 Å². The van der Waals surface area contributed by atoms with Crippen molar-refractivity contribution in [2.24, 2.45) is 5.92 Å². The number of rotatable bonds is 7. The highest BCUT2D eigenvalue weighted by Gasteiger charge is 2.45. The largest absolute Gasteiger partial charge is 0.490 e. The second-order valence-corrected chi connectivity index (χ2v) is 13.4. The average Bonchev–Trinajstić information content (AvgIpc) is 3.69. The van der Waals surface area contributed by atoms with E-state index in [1.165, 1.54) is 0 Å². The Balaban J connectivity index is 1.03. The van der Waals surface area contributed by atoms with Gasteiger partial charge < -0.3 is 19.7 Å². The summed E-state index contributed by atoms with van der Waals surface area (Å²) in [5.74, 6) is 1.11. The summed E-state index contributed by atoms with van der Waals surface area (Å²) >= 11 is 0. The highest BCUT2D eigenvalue weighted by atomic mass is 16.6. The summed E-state index contributed by atoms with van der Waals surface area (Å²) < 4.78 is 12.1. The molecule has 2 saturated heterocycles. The van der Waals surface area contributed by atoms with Gasteiger partial charge in [-0.05, 0) is 107 Å². The number of nitrogens with one attached hydrogen (secondary N) is 2. The minimum atomic E-state index is -0.502. The predicted molar refractivity (Wildman–Crippen MR) is 167 cm³/mol. The van der Waals surface area contributed by atoms with Crippen LogP contribution < -0.4 is 10.1 Å². The van der Waals surface area contributed by atoms with Gasteiger partial charge in [-0.2, -0.15) is 5.10 Å². The molecule has 9 nitrogen and oxygen atoms in total. The van der Waals surface area contributed by atoms with E-state index < -0.39 is 5.60 Å². The molecule has 2 amide bonds. The quantitative estimate of drug-likeness (QED) is 0.244. The molecular formula is C35H39N5O4. The highest BCUT2D eigenvalue weighted by Crippen LogP contribution is 2.41. The van der Waals surface area contributed by atoms with Crippen LogP contribution in [0.3, 0.4) is 0 Å². The van der Waals surface area contributed by atoms with Crippen LogP contribution in [0.4, 0.5) is 4.79 Å². The van der Waals surface area contributed by atoms with Crippen molar-refractivity contribution in [2.45, 2.75) is 89.1 Å². The number of carbonyl (C=O) groups is 2. The Kier molecular flexibility index (Phi) is 7.26. The number of ether oxygens (including phenoxy) is 2. The number of amides is 2. The van der Waals surface area contributed by atoms with Gasteiger partial charge in [-0.1, -0.05) is 6.07 Å². The summed E-state index contributed by atoms with van der Waals surface area (Å²) in [5.41, 5.74) is 3.58. The molecule has 3 unspecified atom stereocenters. The van der Waals surface area contributed by atoms with Crippen molar-refractivity contribution in [3.63, 3.8) is 0 Å². The molecule has 3 aliphatic rings. The Bertz CT molecular complexity index is 1640. The lowest BCUT2D eigenvalue weighted by Crippen LogP contribution is -2.50. The summed E-state index contributed by atoms with van der Waals surface area (Å²) in [5, 5.41) is 11.8. The number of aromatic nitrogens is 3. The summed E-state index contributed by atoms with van der Waals surface area (Å²) in [6.45, 7) is 5.72. The van der Waals surface area contributed by atoms with Crippen LogP contribution in [0.15, 0.2) is 66.9 Å².